The fourth-order valence-corrected chi connectivity index (χ4v) is 1.49. The number of amides is 1. The van der Waals surface area contributed by atoms with E-state index in [1.807, 2.05) is 29.8 Å². The Hall–Kier alpha value is -0.190. The predicted molar refractivity (Wildman–Crippen MR) is 48.8 cm³/mol. The van der Waals surface area contributed by atoms with Gasteiger partial charge in [0.25, 0.3) is 0 Å². The maximum atomic E-state index is 12.4. The minimum Gasteiger partial charge on any atom is -0.347 e. The van der Waals surface area contributed by atoms with Crippen LogP contribution in [0.2, 0.25) is 0 Å². The van der Waals surface area contributed by atoms with Gasteiger partial charge >= 0.3 is 10.7 Å². The summed E-state index contributed by atoms with van der Waals surface area (Å²) in [6, 6.07) is -0.122. The summed E-state index contributed by atoms with van der Waals surface area (Å²) in [4.78, 5) is 7.40. The van der Waals surface area contributed by atoms with Gasteiger partial charge in [-0.1, -0.05) is 13.8 Å². The molecule has 0 radical (unpaired) electrons. The third kappa shape index (κ3) is 2.39. The van der Waals surface area contributed by atoms with E-state index in [2.05, 4.69) is 5.32 Å². The zero-order valence-corrected chi connectivity index (χ0v) is 9.12. The lowest BCUT2D eigenvalue weighted by molar-refractivity contribution is -0.137. The molecule has 0 spiro atoms. The molecule has 0 heterocycles. The van der Waals surface area contributed by atoms with E-state index in [1.165, 1.54) is 0 Å². The summed E-state index contributed by atoms with van der Waals surface area (Å²) < 4.78 is 24.8. The summed E-state index contributed by atoms with van der Waals surface area (Å²) in [5.41, 5.74) is -0.0477. The molecule has 5 heteroatoms. The molecule has 2 nitrogen and oxygen atoms in total. The van der Waals surface area contributed by atoms with E-state index < -0.39 is 10.7 Å². The van der Waals surface area contributed by atoms with Gasteiger partial charge in [-0.25, -0.2) is 0 Å². The molecular weight excluding hydrogens is 244 g/mol. The lowest BCUT2D eigenvalue weighted by Crippen LogP contribution is -2.54. The Bertz CT molecular complexity index is 225. The van der Waals surface area contributed by atoms with Crippen LogP contribution in [0.3, 0.4) is 0 Å². The number of rotatable bonds is 2. The number of alkyl halides is 3. The average molecular weight is 256 g/mol. The molecule has 1 atom stereocenters. The summed E-state index contributed by atoms with van der Waals surface area (Å²) in [6.45, 7) is 3.90. The van der Waals surface area contributed by atoms with Gasteiger partial charge < -0.3 is 5.32 Å². The summed E-state index contributed by atoms with van der Waals surface area (Å²) in [6.07, 6.45) is 1.74. The first-order valence-corrected chi connectivity index (χ1v) is 4.90. The van der Waals surface area contributed by atoms with Crippen LogP contribution in [-0.2, 0) is 4.79 Å². The number of hydrogen-bond donors (Lipinski definition) is 1. The molecule has 0 aromatic carbocycles. The minimum atomic E-state index is -3.45. The fraction of sp³-hybridized carbons (Fsp3) is 0.875. The van der Waals surface area contributed by atoms with E-state index >= 15 is 0 Å². The Balaban J connectivity index is 2.47. The smallest absolute Gasteiger partial charge is 0.347 e. The molecule has 1 rings (SSSR count). The van der Waals surface area contributed by atoms with Crippen molar-refractivity contribution in [1.29, 1.82) is 0 Å². The van der Waals surface area contributed by atoms with Crippen LogP contribution < -0.4 is 5.32 Å². The van der Waals surface area contributed by atoms with Crippen molar-refractivity contribution in [2.24, 2.45) is 5.41 Å². The van der Waals surface area contributed by atoms with Crippen LogP contribution in [0.5, 0.6) is 0 Å². The van der Waals surface area contributed by atoms with Gasteiger partial charge in [-0.3, -0.25) is 4.79 Å². The Morgan fingerprint density at radius 3 is 2.38 bits per heavy atom. The number of halogens is 3. The highest BCUT2D eigenvalue weighted by molar-refractivity contribution is 9.10. The highest BCUT2D eigenvalue weighted by atomic mass is 79.9. The molecule has 13 heavy (non-hydrogen) atoms. The molecule has 0 aromatic heterocycles. The van der Waals surface area contributed by atoms with Gasteiger partial charge in [-0.05, 0) is 18.3 Å². The second-order valence-electron chi connectivity index (χ2n) is 4.05. The Kier molecular flexibility index (Phi) is 2.67. The number of hydrogen-bond acceptors (Lipinski definition) is 1. The topological polar surface area (TPSA) is 29.1 Å². The van der Waals surface area contributed by atoms with E-state index in [9.17, 15) is 13.6 Å². The summed E-state index contributed by atoms with van der Waals surface area (Å²) in [5.74, 6) is -1.25. The summed E-state index contributed by atoms with van der Waals surface area (Å²) in [7, 11) is 0. The predicted octanol–water partition coefficient (Wildman–Crippen LogP) is 2.28. The number of carbonyl (C=O) groups is 1. The van der Waals surface area contributed by atoms with Gasteiger partial charge in [0, 0.05) is 22.0 Å². The minimum absolute atomic E-state index is 0.0477. The van der Waals surface area contributed by atoms with Crippen LogP contribution in [-0.4, -0.2) is 16.8 Å². The fourth-order valence-electron chi connectivity index (χ4n) is 1.37. The van der Waals surface area contributed by atoms with E-state index in [0.717, 1.165) is 12.8 Å². The molecule has 1 fully saturated rings. The lowest BCUT2D eigenvalue weighted by atomic mass is 9.67. The zero-order valence-electron chi connectivity index (χ0n) is 7.53. The third-order valence-corrected chi connectivity index (χ3v) is 2.94. The first-order chi connectivity index (χ1) is 5.73. The van der Waals surface area contributed by atoms with Gasteiger partial charge in [0.15, 0.2) is 0 Å². The number of carbonyl (C=O) groups excluding carboxylic acids is 1. The van der Waals surface area contributed by atoms with Gasteiger partial charge in [0.1, 0.15) is 0 Å². The Morgan fingerprint density at radius 1 is 1.62 bits per heavy atom. The van der Waals surface area contributed by atoms with E-state index in [1.54, 1.807) is 0 Å². The monoisotopic (exact) mass is 255 g/mol. The van der Waals surface area contributed by atoms with Crippen molar-refractivity contribution in [3.8, 4) is 0 Å². The van der Waals surface area contributed by atoms with Crippen molar-refractivity contribution in [3.05, 3.63) is 0 Å². The zero-order chi connectivity index (χ0) is 10.3. The van der Waals surface area contributed by atoms with Gasteiger partial charge in [0.05, 0.1) is 0 Å². The van der Waals surface area contributed by atoms with Crippen molar-refractivity contribution in [2.45, 2.75) is 37.6 Å². The third-order valence-electron chi connectivity index (χ3n) is 2.58. The normalized spacial score (nSPS) is 26.4. The van der Waals surface area contributed by atoms with Crippen molar-refractivity contribution in [3.63, 3.8) is 0 Å². The molecule has 0 aliphatic heterocycles. The van der Waals surface area contributed by atoms with Crippen molar-refractivity contribution < 1.29 is 13.6 Å². The molecule has 1 amide bonds. The van der Waals surface area contributed by atoms with Gasteiger partial charge in [0.2, 0.25) is 0 Å². The van der Waals surface area contributed by atoms with Crippen LogP contribution >= 0.6 is 15.9 Å². The summed E-state index contributed by atoms with van der Waals surface area (Å²) >= 11 is 2.02. The molecule has 0 saturated heterocycles. The van der Waals surface area contributed by atoms with E-state index in [4.69, 9.17) is 0 Å². The molecule has 1 aliphatic carbocycles. The average Bonchev–Trinajstić information content (AvgIpc) is 1.96. The lowest BCUT2D eigenvalue weighted by Gasteiger charge is -2.44. The molecule has 1 saturated carbocycles. The van der Waals surface area contributed by atoms with Gasteiger partial charge in [-0.15, -0.1) is 0 Å². The molecule has 0 aromatic rings. The highest BCUT2D eigenvalue weighted by Gasteiger charge is 2.43. The quantitative estimate of drug-likeness (QED) is 0.754. The van der Waals surface area contributed by atoms with Gasteiger partial charge in [-0.2, -0.15) is 8.78 Å². The van der Waals surface area contributed by atoms with Crippen molar-refractivity contribution >= 4 is 21.8 Å². The Morgan fingerprint density at radius 2 is 2.15 bits per heavy atom. The van der Waals surface area contributed by atoms with E-state index in [-0.39, 0.29) is 11.5 Å². The molecule has 76 valence electrons. The molecule has 1 aliphatic rings. The maximum absolute atomic E-state index is 12.4. The highest BCUT2D eigenvalue weighted by Crippen LogP contribution is 2.40. The van der Waals surface area contributed by atoms with Crippen LogP contribution in [0.1, 0.15) is 26.7 Å². The van der Waals surface area contributed by atoms with Crippen molar-refractivity contribution in [2.75, 3.05) is 0 Å². The van der Waals surface area contributed by atoms with E-state index in [0.29, 0.717) is 0 Å². The van der Waals surface area contributed by atoms with Crippen molar-refractivity contribution in [1.82, 2.24) is 5.32 Å². The largest absolute Gasteiger partial charge is 0.377 e. The molecule has 0 bridgehead atoms. The van der Waals surface area contributed by atoms with Crippen LogP contribution in [0.15, 0.2) is 0 Å². The molecule has 1 unspecified atom stereocenters. The van der Waals surface area contributed by atoms with Crippen LogP contribution in [0, 0.1) is 5.41 Å². The first kappa shape index (κ1) is 10.9. The molecular formula is C8H12BrF2NO. The maximum Gasteiger partial charge on any atom is 0.377 e. The summed E-state index contributed by atoms with van der Waals surface area (Å²) in [5, 5.41) is 2.31. The molecule has 1 N–H and O–H groups in total. The second kappa shape index (κ2) is 3.19. The standard InChI is InChI=1S/C8H12BrF2NO/c1-7(2)4-3-5(7)12-6(13)8(9,10)11/h5H,3-4H2,1-2H3,(H,12,13). The van der Waals surface area contributed by atoms with Crippen LogP contribution in [0.25, 0.3) is 0 Å². The number of nitrogens with one attached hydrogen (secondary N) is 1. The first-order valence-electron chi connectivity index (χ1n) is 4.11. The Labute approximate surface area is 84.2 Å². The SMILES string of the molecule is CC1(C)CCC1NC(=O)C(F)(F)Br. The second-order valence-corrected chi connectivity index (χ2v) is 5.05. The van der Waals surface area contributed by atoms with Crippen LogP contribution in [0.4, 0.5) is 8.78 Å².